The van der Waals surface area contributed by atoms with Crippen LogP contribution in [0.5, 0.6) is 5.75 Å². The van der Waals surface area contributed by atoms with Crippen LogP contribution in [0.4, 0.5) is 4.39 Å². The van der Waals surface area contributed by atoms with Gasteiger partial charge in [0.15, 0.2) is 11.6 Å². The maximum absolute atomic E-state index is 15.0. The van der Waals surface area contributed by atoms with E-state index in [9.17, 15) is 19.2 Å². The average Bonchev–Trinajstić information content (AvgIpc) is 3.35. The zero-order valence-electron chi connectivity index (χ0n) is 21.7. The lowest BCUT2D eigenvalue weighted by Gasteiger charge is -2.27. The van der Waals surface area contributed by atoms with Gasteiger partial charge in [-0.15, -0.1) is 0 Å². The molecule has 7 nitrogen and oxygen atoms in total. The second kappa shape index (κ2) is 11.7. The number of amides is 2. The van der Waals surface area contributed by atoms with Crippen molar-refractivity contribution in [2.45, 2.75) is 40.0 Å². The van der Waals surface area contributed by atoms with Crippen LogP contribution in [0, 0.1) is 17.1 Å². The van der Waals surface area contributed by atoms with Crippen molar-refractivity contribution < 1.29 is 18.7 Å². The highest BCUT2D eigenvalue weighted by Gasteiger charge is 2.35. The molecule has 8 heteroatoms. The first kappa shape index (κ1) is 26.6. The lowest BCUT2D eigenvalue weighted by Crippen LogP contribution is -2.43. The Kier molecular flexibility index (Phi) is 8.17. The van der Waals surface area contributed by atoms with Gasteiger partial charge in [-0.2, -0.15) is 10.4 Å². The molecule has 0 N–H and O–H groups in total. The first-order valence-electron chi connectivity index (χ1n) is 12.7. The molecule has 0 saturated heterocycles. The number of hydrogen-bond acceptors (Lipinski definition) is 5. The summed E-state index contributed by atoms with van der Waals surface area (Å²) in [5.74, 6) is -1.41. The normalized spacial score (nSPS) is 14.8. The summed E-state index contributed by atoms with van der Waals surface area (Å²) in [7, 11) is 0. The number of hydrogen-bond donors (Lipinski definition) is 0. The summed E-state index contributed by atoms with van der Waals surface area (Å²) >= 11 is 0. The fourth-order valence-electron chi connectivity index (χ4n) is 4.23. The van der Waals surface area contributed by atoms with Gasteiger partial charge in [-0.3, -0.25) is 14.5 Å². The van der Waals surface area contributed by atoms with E-state index in [0.29, 0.717) is 35.4 Å². The average molecular weight is 513 g/mol. The molecule has 0 aliphatic carbocycles. The van der Waals surface area contributed by atoms with Crippen LogP contribution in [0.1, 0.15) is 45.6 Å². The fraction of sp³-hybridized carbons (Fsp3) is 0.267. The van der Waals surface area contributed by atoms with Gasteiger partial charge >= 0.3 is 0 Å². The van der Waals surface area contributed by atoms with Crippen LogP contribution in [-0.2, 0) is 9.59 Å². The Labute approximate surface area is 221 Å². The molecular formula is C30H29FN4O3. The summed E-state index contributed by atoms with van der Waals surface area (Å²) in [5.41, 5.74) is 2.72. The van der Waals surface area contributed by atoms with Crippen LogP contribution < -0.4 is 4.74 Å². The number of para-hydroxylation sites is 1. The SMILES string of the molecule is CCCCOc1ccc(-c2nn(-c3ccccc3)cc2/C=C2/C(=O)N(CCC)C(=O)C(C#N)=C2C)cc1F. The Bertz CT molecular complexity index is 1460. The van der Waals surface area contributed by atoms with Crippen molar-refractivity contribution in [3.05, 3.63) is 82.8 Å². The smallest absolute Gasteiger partial charge is 0.271 e. The number of nitrogens with zero attached hydrogens (tertiary/aromatic N) is 4. The lowest BCUT2D eigenvalue weighted by molar-refractivity contribution is -0.140. The van der Waals surface area contributed by atoms with Crippen molar-refractivity contribution in [1.29, 1.82) is 5.26 Å². The van der Waals surface area contributed by atoms with Crippen LogP contribution in [0.15, 0.2) is 71.4 Å². The van der Waals surface area contributed by atoms with Gasteiger partial charge in [0.05, 0.1) is 12.3 Å². The topological polar surface area (TPSA) is 88.2 Å². The number of ether oxygens (including phenoxy) is 1. The summed E-state index contributed by atoms with van der Waals surface area (Å²) in [4.78, 5) is 27.2. The Balaban J connectivity index is 1.86. The highest BCUT2D eigenvalue weighted by atomic mass is 19.1. The molecule has 0 bridgehead atoms. The number of nitriles is 1. The maximum Gasteiger partial charge on any atom is 0.271 e. The van der Waals surface area contributed by atoms with E-state index in [1.165, 1.54) is 6.07 Å². The van der Waals surface area contributed by atoms with Crippen LogP contribution in [-0.4, -0.2) is 39.6 Å². The fourth-order valence-corrected chi connectivity index (χ4v) is 4.23. The third-order valence-corrected chi connectivity index (χ3v) is 6.30. The number of carbonyl (C=O) groups excluding carboxylic acids is 2. The molecule has 4 rings (SSSR count). The Hall–Kier alpha value is -4.51. The van der Waals surface area contributed by atoms with Crippen LogP contribution in [0.3, 0.4) is 0 Å². The molecule has 38 heavy (non-hydrogen) atoms. The molecule has 1 aliphatic heterocycles. The molecule has 0 atom stereocenters. The third kappa shape index (κ3) is 5.28. The molecule has 0 radical (unpaired) electrons. The minimum atomic E-state index is -0.588. The van der Waals surface area contributed by atoms with Gasteiger partial charge in [0.25, 0.3) is 11.8 Å². The molecule has 2 aromatic carbocycles. The molecule has 0 spiro atoms. The highest BCUT2D eigenvalue weighted by Crippen LogP contribution is 2.32. The number of unbranched alkanes of at least 4 members (excludes halogenated alkanes) is 1. The largest absolute Gasteiger partial charge is 0.491 e. The lowest BCUT2D eigenvalue weighted by atomic mass is 9.93. The van der Waals surface area contributed by atoms with Crippen molar-refractivity contribution in [1.82, 2.24) is 14.7 Å². The number of rotatable bonds is 9. The molecule has 3 aromatic rings. The predicted octanol–water partition coefficient (Wildman–Crippen LogP) is 5.86. The van der Waals surface area contributed by atoms with Gasteiger partial charge in [-0.1, -0.05) is 38.5 Å². The summed E-state index contributed by atoms with van der Waals surface area (Å²) in [6.45, 7) is 6.11. The van der Waals surface area contributed by atoms with E-state index in [0.717, 1.165) is 23.4 Å². The molecule has 2 amide bonds. The molecular weight excluding hydrogens is 483 g/mol. The van der Waals surface area contributed by atoms with E-state index in [2.05, 4.69) is 0 Å². The molecule has 2 heterocycles. The maximum atomic E-state index is 15.0. The molecule has 194 valence electrons. The van der Waals surface area contributed by atoms with Crippen LogP contribution in [0.2, 0.25) is 0 Å². The highest BCUT2D eigenvalue weighted by molar-refractivity contribution is 6.19. The molecule has 1 aromatic heterocycles. The van der Waals surface area contributed by atoms with Gasteiger partial charge in [-0.05, 0) is 61.7 Å². The zero-order valence-corrected chi connectivity index (χ0v) is 21.7. The van der Waals surface area contributed by atoms with Crippen molar-refractivity contribution in [2.24, 2.45) is 0 Å². The van der Waals surface area contributed by atoms with Gasteiger partial charge in [0, 0.05) is 29.4 Å². The first-order chi connectivity index (χ1) is 18.4. The Morgan fingerprint density at radius 1 is 1.08 bits per heavy atom. The van der Waals surface area contributed by atoms with Crippen molar-refractivity contribution in [3.63, 3.8) is 0 Å². The summed E-state index contributed by atoms with van der Waals surface area (Å²) < 4.78 is 22.2. The standard InChI is InChI=1S/C30H29FN4O3/c1-4-6-15-38-27-13-12-21(17-26(27)31)28-22(19-35(33-28)23-10-8-7-9-11-23)16-24-20(3)25(18-32)30(37)34(14-5-2)29(24)36/h7-13,16-17,19H,4-6,14-15H2,1-3H3/b24-16+. The minimum absolute atomic E-state index is 0.0686. The first-order valence-corrected chi connectivity index (χ1v) is 12.7. The number of benzene rings is 2. The summed E-state index contributed by atoms with van der Waals surface area (Å²) in [6.07, 6.45) is 5.69. The molecule has 0 fully saturated rings. The number of aromatic nitrogens is 2. The summed E-state index contributed by atoms with van der Waals surface area (Å²) in [6, 6.07) is 16.0. The molecule has 0 unspecified atom stereocenters. The molecule has 1 aliphatic rings. The Morgan fingerprint density at radius 3 is 2.50 bits per heavy atom. The third-order valence-electron chi connectivity index (χ3n) is 6.30. The molecule has 0 saturated carbocycles. The minimum Gasteiger partial charge on any atom is -0.491 e. The van der Waals surface area contributed by atoms with Gasteiger partial charge in [0.2, 0.25) is 0 Å². The van der Waals surface area contributed by atoms with E-state index < -0.39 is 17.6 Å². The van der Waals surface area contributed by atoms with E-state index >= 15 is 0 Å². The second-order valence-corrected chi connectivity index (χ2v) is 8.99. The second-order valence-electron chi connectivity index (χ2n) is 8.99. The number of halogens is 1. The number of carbonyl (C=O) groups is 2. The van der Waals surface area contributed by atoms with Gasteiger partial charge in [-0.25, -0.2) is 9.07 Å². The van der Waals surface area contributed by atoms with Crippen molar-refractivity contribution in [2.75, 3.05) is 13.2 Å². The van der Waals surface area contributed by atoms with E-state index in [1.54, 1.807) is 36.0 Å². The van der Waals surface area contributed by atoms with Crippen LogP contribution in [0.25, 0.3) is 23.0 Å². The van der Waals surface area contributed by atoms with E-state index in [-0.39, 0.29) is 23.4 Å². The van der Waals surface area contributed by atoms with Crippen molar-refractivity contribution in [3.8, 4) is 28.8 Å². The van der Waals surface area contributed by atoms with Crippen LogP contribution >= 0.6 is 0 Å². The number of imide groups is 1. The van der Waals surface area contributed by atoms with Crippen molar-refractivity contribution >= 4 is 17.9 Å². The predicted molar refractivity (Wildman–Crippen MR) is 143 cm³/mol. The summed E-state index contributed by atoms with van der Waals surface area (Å²) in [5, 5.41) is 14.4. The monoisotopic (exact) mass is 512 g/mol. The quantitative estimate of drug-likeness (QED) is 0.204. The van der Waals surface area contributed by atoms with Gasteiger partial charge in [0.1, 0.15) is 17.3 Å². The Morgan fingerprint density at radius 2 is 1.84 bits per heavy atom. The zero-order chi connectivity index (χ0) is 27.2. The van der Waals surface area contributed by atoms with E-state index in [4.69, 9.17) is 9.84 Å². The van der Waals surface area contributed by atoms with Gasteiger partial charge < -0.3 is 4.74 Å². The van der Waals surface area contributed by atoms with E-state index in [1.807, 2.05) is 50.2 Å².